The average Bonchev–Trinajstić information content (AvgIpc) is 3.36. The number of hydrogen-bond donors (Lipinski definition) is 0. The van der Waals surface area contributed by atoms with Crippen LogP contribution in [0, 0.1) is 0 Å². The van der Waals surface area contributed by atoms with Crippen molar-refractivity contribution in [1.29, 1.82) is 0 Å². The van der Waals surface area contributed by atoms with Crippen LogP contribution < -0.4 is 4.90 Å². The molecule has 1 amide bonds. The molecule has 7 nitrogen and oxygen atoms in total. The number of aromatic nitrogens is 3. The second-order valence-electron chi connectivity index (χ2n) is 7.05. The quantitative estimate of drug-likeness (QED) is 0.679. The summed E-state index contributed by atoms with van der Waals surface area (Å²) < 4.78 is 6.46. The fourth-order valence-electron chi connectivity index (χ4n) is 3.64. The third kappa shape index (κ3) is 3.12. The molecule has 28 heavy (non-hydrogen) atoms. The first-order valence-electron chi connectivity index (χ1n) is 9.57. The van der Waals surface area contributed by atoms with Gasteiger partial charge in [-0.3, -0.25) is 4.79 Å². The van der Waals surface area contributed by atoms with E-state index in [4.69, 9.17) is 9.72 Å². The molecule has 1 aromatic carbocycles. The highest BCUT2D eigenvalue weighted by Crippen LogP contribution is 2.27. The van der Waals surface area contributed by atoms with Crippen LogP contribution >= 0.6 is 11.3 Å². The highest BCUT2D eigenvalue weighted by Gasteiger charge is 2.27. The molecule has 4 heterocycles. The lowest BCUT2D eigenvalue weighted by Crippen LogP contribution is -2.37. The van der Waals surface area contributed by atoms with Crippen molar-refractivity contribution in [3.05, 3.63) is 46.2 Å². The van der Waals surface area contributed by atoms with Crippen LogP contribution in [0.4, 0.5) is 5.95 Å². The van der Waals surface area contributed by atoms with E-state index in [-0.39, 0.29) is 5.91 Å². The molecule has 2 aliphatic rings. The Morgan fingerprint density at radius 3 is 2.89 bits per heavy atom. The van der Waals surface area contributed by atoms with Crippen molar-refractivity contribution in [3.63, 3.8) is 0 Å². The highest BCUT2D eigenvalue weighted by atomic mass is 32.1. The third-order valence-electron chi connectivity index (χ3n) is 5.21. The van der Waals surface area contributed by atoms with Gasteiger partial charge in [0, 0.05) is 37.0 Å². The van der Waals surface area contributed by atoms with E-state index in [2.05, 4.69) is 21.8 Å². The summed E-state index contributed by atoms with van der Waals surface area (Å²) in [4.78, 5) is 30.8. The van der Waals surface area contributed by atoms with Crippen molar-refractivity contribution < 1.29 is 9.53 Å². The van der Waals surface area contributed by atoms with E-state index in [1.165, 1.54) is 0 Å². The van der Waals surface area contributed by atoms with Crippen molar-refractivity contribution in [1.82, 2.24) is 19.9 Å². The zero-order valence-electron chi connectivity index (χ0n) is 15.7. The first kappa shape index (κ1) is 17.5. The number of benzene rings is 1. The minimum Gasteiger partial charge on any atom is -0.378 e. The second kappa shape index (κ2) is 7.10. The smallest absolute Gasteiger partial charge is 0.254 e. The van der Waals surface area contributed by atoms with Crippen LogP contribution in [0.2, 0.25) is 0 Å². The molecule has 0 unspecified atom stereocenters. The maximum Gasteiger partial charge on any atom is 0.254 e. The summed E-state index contributed by atoms with van der Waals surface area (Å²) in [5.41, 5.74) is 3.63. The van der Waals surface area contributed by atoms with Gasteiger partial charge in [0.05, 0.1) is 40.7 Å². The van der Waals surface area contributed by atoms with Gasteiger partial charge in [-0.2, -0.15) is 0 Å². The van der Waals surface area contributed by atoms with Crippen molar-refractivity contribution in [3.8, 4) is 0 Å². The number of carbonyl (C=O) groups excluding carboxylic acids is 1. The summed E-state index contributed by atoms with van der Waals surface area (Å²) in [6, 6.07) is 5.78. The molecule has 3 aromatic rings. The molecule has 144 valence electrons. The van der Waals surface area contributed by atoms with Crippen LogP contribution in [0.15, 0.2) is 24.4 Å². The van der Waals surface area contributed by atoms with E-state index in [1.54, 1.807) is 11.3 Å². The van der Waals surface area contributed by atoms with Gasteiger partial charge < -0.3 is 14.5 Å². The van der Waals surface area contributed by atoms with Crippen molar-refractivity contribution in [2.45, 2.75) is 26.4 Å². The molecule has 5 rings (SSSR count). The molecular weight excluding hydrogens is 374 g/mol. The zero-order valence-corrected chi connectivity index (χ0v) is 16.5. The minimum atomic E-state index is 0.0271. The summed E-state index contributed by atoms with van der Waals surface area (Å²) in [7, 11) is 0. The summed E-state index contributed by atoms with van der Waals surface area (Å²) in [5, 5.41) is 1.10. The van der Waals surface area contributed by atoms with E-state index in [9.17, 15) is 4.79 Å². The number of hydrogen-bond acceptors (Lipinski definition) is 7. The average molecular weight is 395 g/mol. The van der Waals surface area contributed by atoms with Crippen molar-refractivity contribution in [2.75, 3.05) is 31.2 Å². The van der Waals surface area contributed by atoms with Gasteiger partial charge in [0.25, 0.3) is 5.91 Å². The molecule has 1 fully saturated rings. The van der Waals surface area contributed by atoms with Gasteiger partial charge >= 0.3 is 0 Å². The van der Waals surface area contributed by atoms with E-state index in [0.29, 0.717) is 31.9 Å². The number of fused-ring (bicyclic) bond motifs is 2. The fourth-order valence-corrected chi connectivity index (χ4v) is 4.59. The summed E-state index contributed by atoms with van der Waals surface area (Å²) in [6.45, 7) is 6.17. The Labute approximate surface area is 167 Å². The Balaban J connectivity index is 1.36. The number of morpholine rings is 1. The third-order valence-corrected chi connectivity index (χ3v) is 6.37. The predicted molar refractivity (Wildman–Crippen MR) is 108 cm³/mol. The van der Waals surface area contributed by atoms with E-state index >= 15 is 0 Å². The van der Waals surface area contributed by atoms with E-state index in [0.717, 1.165) is 51.9 Å². The normalized spacial score (nSPS) is 16.6. The minimum absolute atomic E-state index is 0.0271. The van der Waals surface area contributed by atoms with Gasteiger partial charge in [-0.1, -0.05) is 6.92 Å². The molecular formula is C20H21N5O2S. The first-order valence-corrected chi connectivity index (χ1v) is 10.4. The fraction of sp³-hybridized carbons (Fsp3) is 0.400. The molecule has 1 saturated heterocycles. The van der Waals surface area contributed by atoms with Gasteiger partial charge in [0.15, 0.2) is 0 Å². The van der Waals surface area contributed by atoms with Crippen LogP contribution in [0.5, 0.6) is 0 Å². The number of thiazole rings is 1. The highest BCUT2D eigenvalue weighted by molar-refractivity contribution is 7.18. The van der Waals surface area contributed by atoms with Gasteiger partial charge in [0.2, 0.25) is 5.95 Å². The summed E-state index contributed by atoms with van der Waals surface area (Å²) in [6.07, 6.45) is 2.77. The molecule has 2 aromatic heterocycles. The first-order chi connectivity index (χ1) is 13.7. The maximum absolute atomic E-state index is 13.1. The van der Waals surface area contributed by atoms with Crippen molar-refractivity contribution >= 4 is 33.4 Å². The van der Waals surface area contributed by atoms with Gasteiger partial charge in [0.1, 0.15) is 0 Å². The SMILES string of the molecule is CCc1nc2ccc(C(=O)N3Cc4cnc(N5CCOCC5)nc4C3)cc2s1. The molecule has 0 spiro atoms. The Bertz CT molecular complexity index is 1040. The van der Waals surface area contributed by atoms with Gasteiger partial charge in [-0.15, -0.1) is 11.3 Å². The lowest BCUT2D eigenvalue weighted by Gasteiger charge is -2.26. The molecule has 0 N–H and O–H groups in total. The maximum atomic E-state index is 13.1. The van der Waals surface area contributed by atoms with Crippen molar-refractivity contribution in [2.24, 2.45) is 0 Å². The number of aryl methyl sites for hydroxylation is 1. The molecule has 2 aliphatic heterocycles. The summed E-state index contributed by atoms with van der Waals surface area (Å²) in [5.74, 6) is 0.758. The van der Waals surface area contributed by atoms with E-state index in [1.807, 2.05) is 29.3 Å². The number of carbonyl (C=O) groups is 1. The molecule has 0 radical (unpaired) electrons. The number of amides is 1. The Morgan fingerprint density at radius 1 is 1.21 bits per heavy atom. The molecule has 8 heteroatoms. The monoisotopic (exact) mass is 395 g/mol. The number of nitrogens with zero attached hydrogens (tertiary/aromatic N) is 5. The predicted octanol–water partition coefficient (Wildman–Crippen LogP) is 2.64. The van der Waals surface area contributed by atoms with Crippen LogP contribution in [0.25, 0.3) is 10.2 Å². The Morgan fingerprint density at radius 2 is 2.07 bits per heavy atom. The lowest BCUT2D eigenvalue weighted by atomic mass is 10.2. The molecule has 0 saturated carbocycles. The Hall–Kier alpha value is -2.58. The standard InChI is InChI=1S/C20H21N5O2S/c1-2-18-22-15-4-3-13(9-17(15)28-18)19(26)25-11-14-10-21-20(23-16(14)12-25)24-5-7-27-8-6-24/h3-4,9-10H,2,5-8,11-12H2,1H3. The number of ether oxygens (including phenoxy) is 1. The molecule has 0 bridgehead atoms. The largest absolute Gasteiger partial charge is 0.378 e. The number of anilines is 1. The topological polar surface area (TPSA) is 71.5 Å². The molecule has 0 aliphatic carbocycles. The van der Waals surface area contributed by atoms with Crippen LogP contribution in [0.1, 0.15) is 33.5 Å². The van der Waals surface area contributed by atoms with Crippen LogP contribution in [0.3, 0.4) is 0 Å². The van der Waals surface area contributed by atoms with Crippen LogP contribution in [-0.2, 0) is 24.2 Å². The van der Waals surface area contributed by atoms with E-state index < -0.39 is 0 Å². The van der Waals surface area contributed by atoms with Crippen LogP contribution in [-0.4, -0.2) is 52.1 Å². The second-order valence-corrected chi connectivity index (χ2v) is 8.16. The molecule has 0 atom stereocenters. The Kier molecular flexibility index (Phi) is 4.44. The summed E-state index contributed by atoms with van der Waals surface area (Å²) >= 11 is 1.66. The number of rotatable bonds is 3. The van der Waals surface area contributed by atoms with Gasteiger partial charge in [-0.05, 0) is 24.6 Å². The zero-order chi connectivity index (χ0) is 19.1. The lowest BCUT2D eigenvalue weighted by molar-refractivity contribution is 0.0750. The van der Waals surface area contributed by atoms with Gasteiger partial charge in [-0.25, -0.2) is 15.0 Å².